The molecule has 0 spiro atoms. The number of halogens is 1. The number of aliphatic imine (C=N–C) groups is 1. The van der Waals surface area contributed by atoms with Crippen molar-refractivity contribution < 1.29 is 4.39 Å². The van der Waals surface area contributed by atoms with Crippen molar-refractivity contribution in [2.45, 2.75) is 13.0 Å². The van der Waals surface area contributed by atoms with Crippen molar-refractivity contribution in [3.63, 3.8) is 0 Å². The van der Waals surface area contributed by atoms with Crippen LogP contribution in [0.3, 0.4) is 0 Å². The van der Waals surface area contributed by atoms with Gasteiger partial charge in [0, 0.05) is 11.8 Å². The molecule has 1 unspecified atom stereocenters. The maximum Gasteiger partial charge on any atom is 0.156 e. The molecule has 1 heterocycles. The van der Waals surface area contributed by atoms with Crippen LogP contribution in [0.5, 0.6) is 0 Å². The van der Waals surface area contributed by atoms with E-state index in [1.165, 1.54) is 11.8 Å². The lowest BCUT2D eigenvalue weighted by atomic mass is 10.4. The van der Waals surface area contributed by atoms with E-state index in [4.69, 9.17) is 0 Å². The van der Waals surface area contributed by atoms with Gasteiger partial charge in [-0.3, -0.25) is 9.38 Å². The van der Waals surface area contributed by atoms with Crippen molar-refractivity contribution in [3.8, 4) is 0 Å². The fraction of sp³-hybridized carbons (Fsp3) is 0.833. The van der Waals surface area contributed by atoms with Gasteiger partial charge in [-0.05, 0) is 6.92 Å². The molecule has 1 atom stereocenters. The highest BCUT2D eigenvalue weighted by Crippen LogP contribution is 2.07. The normalized spacial score (nSPS) is 24.2. The minimum atomic E-state index is -0.278. The van der Waals surface area contributed by atoms with Crippen LogP contribution in [-0.2, 0) is 0 Å². The topological polar surface area (TPSA) is 24.4 Å². The van der Waals surface area contributed by atoms with E-state index in [-0.39, 0.29) is 6.67 Å². The SMILES string of the molecule is CC1CN=C(SCCF)N1. The van der Waals surface area contributed by atoms with E-state index in [0.717, 1.165) is 11.7 Å². The first-order valence-corrected chi connectivity index (χ1v) is 4.31. The van der Waals surface area contributed by atoms with Crippen molar-refractivity contribution in [1.29, 1.82) is 0 Å². The standard InChI is InChI=1S/C6H11FN2S/c1-5-4-8-6(9-5)10-3-2-7/h5H,2-4H2,1H3,(H,8,9). The van der Waals surface area contributed by atoms with Crippen molar-refractivity contribution in [2.75, 3.05) is 19.0 Å². The van der Waals surface area contributed by atoms with Crippen LogP contribution in [0.2, 0.25) is 0 Å². The predicted octanol–water partition coefficient (Wildman–Crippen LogP) is 1.04. The van der Waals surface area contributed by atoms with Gasteiger partial charge in [0.15, 0.2) is 5.17 Å². The highest BCUT2D eigenvalue weighted by Gasteiger charge is 2.11. The number of thioether (sulfide) groups is 1. The van der Waals surface area contributed by atoms with Crippen molar-refractivity contribution in [3.05, 3.63) is 0 Å². The summed E-state index contributed by atoms with van der Waals surface area (Å²) in [5.74, 6) is 0.512. The highest BCUT2D eigenvalue weighted by molar-refractivity contribution is 8.13. The third kappa shape index (κ3) is 2.17. The maximum atomic E-state index is 11.6. The minimum Gasteiger partial charge on any atom is -0.361 e. The Morgan fingerprint density at radius 2 is 2.70 bits per heavy atom. The molecule has 0 aromatic rings. The molecule has 0 aromatic carbocycles. The summed E-state index contributed by atoms with van der Waals surface area (Å²) in [6, 6.07) is 0.433. The molecular formula is C6H11FN2S. The lowest BCUT2D eigenvalue weighted by Gasteiger charge is -2.02. The van der Waals surface area contributed by atoms with Gasteiger partial charge in [0.2, 0.25) is 0 Å². The summed E-state index contributed by atoms with van der Waals surface area (Å²) in [6.45, 7) is 2.61. The molecule has 1 N–H and O–H groups in total. The van der Waals surface area contributed by atoms with Gasteiger partial charge in [0.1, 0.15) is 0 Å². The van der Waals surface area contributed by atoms with Gasteiger partial charge in [-0.15, -0.1) is 0 Å². The second-order valence-corrected chi connectivity index (χ2v) is 3.31. The molecule has 4 heteroatoms. The van der Waals surface area contributed by atoms with Crippen molar-refractivity contribution in [2.24, 2.45) is 4.99 Å². The van der Waals surface area contributed by atoms with Gasteiger partial charge in [-0.2, -0.15) is 0 Å². The first-order valence-electron chi connectivity index (χ1n) is 3.32. The smallest absolute Gasteiger partial charge is 0.156 e. The molecule has 0 amide bonds. The summed E-state index contributed by atoms with van der Waals surface area (Å²) < 4.78 is 11.6. The number of nitrogens with one attached hydrogen (secondary N) is 1. The molecule has 0 saturated carbocycles. The molecule has 0 bridgehead atoms. The number of alkyl halides is 1. The van der Waals surface area contributed by atoms with Crippen LogP contribution < -0.4 is 5.32 Å². The molecule has 2 nitrogen and oxygen atoms in total. The maximum absolute atomic E-state index is 11.6. The average molecular weight is 162 g/mol. The number of amidine groups is 1. The van der Waals surface area contributed by atoms with Crippen molar-refractivity contribution in [1.82, 2.24) is 5.32 Å². The van der Waals surface area contributed by atoms with E-state index < -0.39 is 0 Å². The summed E-state index contributed by atoms with van der Waals surface area (Å²) in [5, 5.41) is 4.03. The van der Waals surface area contributed by atoms with Crippen LogP contribution in [0.25, 0.3) is 0 Å². The zero-order valence-corrected chi connectivity index (χ0v) is 6.75. The van der Waals surface area contributed by atoms with E-state index in [0.29, 0.717) is 11.8 Å². The van der Waals surface area contributed by atoms with Gasteiger partial charge in [0.05, 0.1) is 13.2 Å². The zero-order valence-electron chi connectivity index (χ0n) is 5.93. The quantitative estimate of drug-likeness (QED) is 0.656. The minimum absolute atomic E-state index is 0.278. The van der Waals surface area contributed by atoms with Gasteiger partial charge in [-0.1, -0.05) is 11.8 Å². The Kier molecular flexibility index (Phi) is 2.99. The van der Waals surface area contributed by atoms with Crippen LogP contribution in [0.1, 0.15) is 6.92 Å². The van der Waals surface area contributed by atoms with Gasteiger partial charge < -0.3 is 5.32 Å². The molecule has 0 radical (unpaired) electrons. The summed E-state index contributed by atoms with van der Waals surface area (Å²) in [6.07, 6.45) is 0. The Morgan fingerprint density at radius 1 is 1.90 bits per heavy atom. The monoisotopic (exact) mass is 162 g/mol. The predicted molar refractivity (Wildman–Crippen MR) is 43.3 cm³/mol. The van der Waals surface area contributed by atoms with Crippen LogP contribution in [0.15, 0.2) is 4.99 Å². The van der Waals surface area contributed by atoms with E-state index in [1.54, 1.807) is 0 Å². The molecule has 0 fully saturated rings. The molecule has 1 aliphatic rings. The molecule has 1 aliphatic heterocycles. The molecule has 58 valence electrons. The van der Waals surface area contributed by atoms with Crippen LogP contribution in [-0.4, -0.2) is 30.2 Å². The lowest BCUT2D eigenvalue weighted by Crippen LogP contribution is -2.25. The first-order chi connectivity index (χ1) is 4.83. The Balaban J connectivity index is 2.17. The van der Waals surface area contributed by atoms with E-state index in [2.05, 4.69) is 17.2 Å². The Hall–Kier alpha value is -0.250. The van der Waals surface area contributed by atoms with Gasteiger partial charge in [-0.25, -0.2) is 0 Å². The fourth-order valence-electron chi connectivity index (χ4n) is 0.744. The van der Waals surface area contributed by atoms with Crippen LogP contribution in [0, 0.1) is 0 Å². The Bertz CT molecular complexity index is 138. The lowest BCUT2D eigenvalue weighted by molar-refractivity contribution is 0.533. The van der Waals surface area contributed by atoms with E-state index in [9.17, 15) is 4.39 Å². The van der Waals surface area contributed by atoms with Gasteiger partial charge >= 0.3 is 0 Å². The third-order valence-corrected chi connectivity index (χ3v) is 2.07. The molecule has 0 aliphatic carbocycles. The zero-order chi connectivity index (χ0) is 7.40. The first kappa shape index (κ1) is 7.85. The van der Waals surface area contributed by atoms with E-state index in [1.807, 2.05) is 0 Å². The molecular weight excluding hydrogens is 151 g/mol. The number of hydrogen-bond acceptors (Lipinski definition) is 3. The van der Waals surface area contributed by atoms with Crippen molar-refractivity contribution >= 4 is 16.9 Å². The largest absolute Gasteiger partial charge is 0.361 e. The third-order valence-electron chi connectivity index (χ3n) is 1.19. The van der Waals surface area contributed by atoms with E-state index >= 15 is 0 Å². The highest BCUT2D eigenvalue weighted by atomic mass is 32.2. The molecule has 10 heavy (non-hydrogen) atoms. The summed E-state index contributed by atoms with van der Waals surface area (Å²) >= 11 is 1.45. The summed E-state index contributed by atoms with van der Waals surface area (Å²) in [5.41, 5.74) is 0. The summed E-state index contributed by atoms with van der Waals surface area (Å²) in [4.78, 5) is 4.16. The number of nitrogens with zero attached hydrogens (tertiary/aromatic N) is 1. The average Bonchev–Trinajstić information content (AvgIpc) is 2.31. The molecule has 0 aromatic heterocycles. The van der Waals surface area contributed by atoms with Gasteiger partial charge in [0.25, 0.3) is 0 Å². The number of rotatable bonds is 2. The van der Waals surface area contributed by atoms with Crippen LogP contribution in [0.4, 0.5) is 4.39 Å². The van der Waals surface area contributed by atoms with Crippen LogP contribution >= 0.6 is 11.8 Å². The Labute approximate surface area is 64.3 Å². The molecule has 1 rings (SSSR count). The summed E-state index contributed by atoms with van der Waals surface area (Å²) in [7, 11) is 0. The molecule has 0 saturated heterocycles. The Morgan fingerprint density at radius 3 is 3.20 bits per heavy atom. The number of hydrogen-bond donors (Lipinski definition) is 1. The second-order valence-electron chi connectivity index (χ2n) is 2.23. The second kappa shape index (κ2) is 3.81. The fourth-order valence-corrected chi connectivity index (χ4v) is 1.47.